The number of benzene rings is 4. The maximum Gasteiger partial charge on any atom is 0.224 e. The standard InChI is InChI=1S/C44H49N5O5/c1-49(26-24-36-10-6-7-25-46-36)29-37-27-41(33-18-16-31(30-50)17-19-33)54-44(53-37)34-22-20-32(21-23-34)38-11-3-2-9-35(38)28-47-42(51)14-8-15-43(52)48-40-13-5-4-12-39(40)45/h2-7,9-13,16-23,25,37,41,44,50H,8,14-15,24,26-30,45H2,1H3,(H,47,51)(H,48,52). The summed E-state index contributed by atoms with van der Waals surface area (Å²) >= 11 is 0. The van der Waals surface area contributed by atoms with Gasteiger partial charge >= 0.3 is 0 Å². The van der Waals surface area contributed by atoms with Crippen LogP contribution in [0.25, 0.3) is 11.1 Å². The number of amides is 2. The van der Waals surface area contributed by atoms with Crippen LogP contribution in [0.2, 0.25) is 0 Å². The molecule has 280 valence electrons. The van der Waals surface area contributed by atoms with Crippen LogP contribution in [0.15, 0.2) is 121 Å². The number of hydrogen-bond donors (Lipinski definition) is 4. The molecule has 4 aromatic carbocycles. The molecule has 1 aliphatic heterocycles. The fraction of sp³-hybridized carbons (Fsp3) is 0.295. The summed E-state index contributed by atoms with van der Waals surface area (Å²) in [5.41, 5.74) is 13.9. The molecule has 1 aliphatic rings. The number of ether oxygens (including phenoxy) is 2. The van der Waals surface area contributed by atoms with Crippen LogP contribution in [0.4, 0.5) is 11.4 Å². The number of pyridine rings is 1. The predicted molar refractivity (Wildman–Crippen MR) is 211 cm³/mol. The van der Waals surface area contributed by atoms with Gasteiger partial charge in [-0.1, -0.05) is 91.0 Å². The molecule has 5 aromatic rings. The maximum absolute atomic E-state index is 12.7. The number of nitrogens with two attached hydrogens (primary N) is 1. The fourth-order valence-corrected chi connectivity index (χ4v) is 6.61. The molecule has 1 saturated heterocycles. The summed E-state index contributed by atoms with van der Waals surface area (Å²) in [4.78, 5) is 31.8. The van der Waals surface area contributed by atoms with Gasteiger partial charge in [-0.2, -0.15) is 0 Å². The Bertz CT molecular complexity index is 1960. The average Bonchev–Trinajstić information content (AvgIpc) is 3.20. The molecule has 54 heavy (non-hydrogen) atoms. The zero-order valence-electron chi connectivity index (χ0n) is 30.7. The molecule has 5 N–H and O–H groups in total. The van der Waals surface area contributed by atoms with E-state index >= 15 is 0 Å². The normalized spacial score (nSPS) is 16.9. The van der Waals surface area contributed by atoms with E-state index in [0.717, 1.165) is 58.6 Å². The second kappa shape index (κ2) is 19.1. The lowest BCUT2D eigenvalue weighted by molar-refractivity contribution is -0.252. The third kappa shape index (κ3) is 10.8. The highest BCUT2D eigenvalue weighted by Crippen LogP contribution is 2.39. The highest BCUT2D eigenvalue weighted by molar-refractivity contribution is 5.94. The summed E-state index contributed by atoms with van der Waals surface area (Å²) in [6.45, 7) is 1.96. The van der Waals surface area contributed by atoms with Gasteiger partial charge in [0.2, 0.25) is 11.8 Å². The summed E-state index contributed by atoms with van der Waals surface area (Å²) in [6, 6.07) is 37.3. The number of nitrogen functional groups attached to an aromatic ring is 1. The van der Waals surface area contributed by atoms with Gasteiger partial charge in [0.05, 0.1) is 30.2 Å². The number of carbonyl (C=O) groups is 2. The first kappa shape index (κ1) is 38.3. The van der Waals surface area contributed by atoms with Crippen molar-refractivity contribution in [3.63, 3.8) is 0 Å². The molecular formula is C44H49N5O5. The minimum absolute atomic E-state index is 0.00468. The van der Waals surface area contributed by atoms with Crippen molar-refractivity contribution in [1.82, 2.24) is 15.2 Å². The zero-order chi connectivity index (χ0) is 37.7. The van der Waals surface area contributed by atoms with Crippen molar-refractivity contribution in [2.24, 2.45) is 0 Å². The number of anilines is 2. The van der Waals surface area contributed by atoms with Crippen LogP contribution in [0.1, 0.15) is 66.0 Å². The number of aromatic nitrogens is 1. The van der Waals surface area contributed by atoms with E-state index in [9.17, 15) is 14.7 Å². The molecule has 3 unspecified atom stereocenters. The van der Waals surface area contributed by atoms with Crippen molar-refractivity contribution in [2.75, 3.05) is 31.2 Å². The van der Waals surface area contributed by atoms with Gasteiger partial charge in [0.25, 0.3) is 0 Å². The van der Waals surface area contributed by atoms with E-state index in [1.807, 2.05) is 91.1 Å². The Morgan fingerprint density at radius 3 is 2.33 bits per heavy atom. The van der Waals surface area contributed by atoms with Crippen LogP contribution in [0, 0.1) is 0 Å². The van der Waals surface area contributed by atoms with E-state index in [-0.39, 0.29) is 43.5 Å². The number of aliphatic hydroxyl groups is 1. The summed E-state index contributed by atoms with van der Waals surface area (Å²) in [5.74, 6) is -0.290. The summed E-state index contributed by atoms with van der Waals surface area (Å²) < 4.78 is 13.2. The topological polar surface area (TPSA) is 139 Å². The van der Waals surface area contributed by atoms with Crippen LogP contribution >= 0.6 is 0 Å². The number of carbonyl (C=O) groups excluding carboxylic acids is 2. The molecule has 0 saturated carbocycles. The van der Waals surface area contributed by atoms with Crippen molar-refractivity contribution < 1.29 is 24.2 Å². The van der Waals surface area contributed by atoms with Gasteiger partial charge in [0.15, 0.2) is 6.29 Å². The molecule has 0 aliphatic carbocycles. The second-order valence-corrected chi connectivity index (χ2v) is 13.7. The Kier molecular flexibility index (Phi) is 13.6. The number of nitrogens with one attached hydrogen (secondary N) is 2. The Hall–Kier alpha value is -5.39. The van der Waals surface area contributed by atoms with E-state index < -0.39 is 6.29 Å². The van der Waals surface area contributed by atoms with Crippen molar-refractivity contribution in [3.05, 3.63) is 149 Å². The molecule has 1 fully saturated rings. The van der Waals surface area contributed by atoms with Gasteiger partial charge in [-0.3, -0.25) is 14.6 Å². The van der Waals surface area contributed by atoms with Crippen molar-refractivity contribution in [3.8, 4) is 11.1 Å². The molecular weight excluding hydrogens is 679 g/mol. The molecule has 10 heteroatoms. The highest BCUT2D eigenvalue weighted by atomic mass is 16.7. The van der Waals surface area contributed by atoms with Crippen LogP contribution in [-0.2, 0) is 38.6 Å². The number of nitrogens with zero attached hydrogens (tertiary/aromatic N) is 2. The minimum Gasteiger partial charge on any atom is -0.397 e. The van der Waals surface area contributed by atoms with Gasteiger partial charge in [0, 0.05) is 62.8 Å². The Morgan fingerprint density at radius 1 is 0.852 bits per heavy atom. The largest absolute Gasteiger partial charge is 0.397 e. The molecule has 2 heterocycles. The quantitative estimate of drug-likeness (QED) is 0.0800. The Balaban J connectivity index is 1.07. The van der Waals surface area contributed by atoms with Gasteiger partial charge in [0.1, 0.15) is 0 Å². The van der Waals surface area contributed by atoms with Gasteiger partial charge in [-0.05, 0) is 65.6 Å². The van der Waals surface area contributed by atoms with Crippen LogP contribution in [0.5, 0.6) is 0 Å². The van der Waals surface area contributed by atoms with E-state index in [1.165, 1.54) is 0 Å². The number of likely N-dealkylation sites (N-methyl/N-ethyl adjacent to an activating group) is 1. The summed E-state index contributed by atoms with van der Waals surface area (Å²) in [7, 11) is 2.11. The zero-order valence-corrected chi connectivity index (χ0v) is 30.7. The number of aliphatic hydroxyl groups excluding tert-OH is 1. The lowest BCUT2D eigenvalue weighted by Crippen LogP contribution is -2.38. The molecule has 6 rings (SSSR count). The SMILES string of the molecule is CN(CCc1ccccn1)CC1CC(c2ccc(CO)cc2)OC(c2ccc(-c3ccccc3CNC(=O)CCCC(=O)Nc3ccccc3N)cc2)O1. The van der Waals surface area contributed by atoms with E-state index in [1.54, 1.807) is 12.1 Å². The van der Waals surface area contributed by atoms with Gasteiger partial charge in [-0.15, -0.1) is 0 Å². The number of para-hydroxylation sites is 2. The summed E-state index contributed by atoms with van der Waals surface area (Å²) in [6.07, 6.45) is 3.47. The molecule has 2 amide bonds. The first-order chi connectivity index (χ1) is 26.3. The van der Waals surface area contributed by atoms with Crippen LogP contribution in [0.3, 0.4) is 0 Å². The van der Waals surface area contributed by atoms with E-state index in [2.05, 4.69) is 45.8 Å². The third-order valence-corrected chi connectivity index (χ3v) is 9.64. The van der Waals surface area contributed by atoms with Gasteiger partial charge < -0.3 is 35.8 Å². The molecule has 1 aromatic heterocycles. The molecule has 0 spiro atoms. The predicted octanol–water partition coefficient (Wildman–Crippen LogP) is 6.97. The molecule has 10 nitrogen and oxygen atoms in total. The summed E-state index contributed by atoms with van der Waals surface area (Å²) in [5, 5.41) is 15.4. The molecule has 0 bridgehead atoms. The monoisotopic (exact) mass is 727 g/mol. The van der Waals surface area contributed by atoms with Crippen molar-refractivity contribution in [1.29, 1.82) is 0 Å². The van der Waals surface area contributed by atoms with Crippen molar-refractivity contribution in [2.45, 2.75) is 63.8 Å². The minimum atomic E-state index is -0.564. The first-order valence-corrected chi connectivity index (χ1v) is 18.5. The fourth-order valence-electron chi connectivity index (χ4n) is 6.61. The molecule has 3 atom stereocenters. The van der Waals surface area contributed by atoms with Crippen LogP contribution in [-0.4, -0.2) is 53.0 Å². The average molecular weight is 728 g/mol. The lowest BCUT2D eigenvalue weighted by atomic mass is 9.97. The Morgan fingerprint density at radius 2 is 1.57 bits per heavy atom. The second-order valence-electron chi connectivity index (χ2n) is 13.7. The Labute approximate surface area is 317 Å². The van der Waals surface area contributed by atoms with Gasteiger partial charge in [-0.25, -0.2) is 0 Å². The van der Waals surface area contributed by atoms with E-state index in [0.29, 0.717) is 30.8 Å². The highest BCUT2D eigenvalue weighted by Gasteiger charge is 2.33. The number of rotatable bonds is 16. The smallest absolute Gasteiger partial charge is 0.224 e. The third-order valence-electron chi connectivity index (χ3n) is 9.64. The molecule has 0 radical (unpaired) electrons. The number of hydrogen-bond acceptors (Lipinski definition) is 8. The van der Waals surface area contributed by atoms with Crippen molar-refractivity contribution >= 4 is 23.2 Å². The lowest BCUT2D eigenvalue weighted by Gasteiger charge is -2.38. The van der Waals surface area contributed by atoms with E-state index in [4.69, 9.17) is 15.2 Å². The van der Waals surface area contributed by atoms with Crippen LogP contribution < -0.4 is 16.4 Å². The maximum atomic E-state index is 12.7. The first-order valence-electron chi connectivity index (χ1n) is 18.5.